The van der Waals surface area contributed by atoms with Gasteiger partial charge in [0.05, 0.1) is 0 Å². The normalized spacial score (nSPS) is 14.5. The van der Waals surface area contributed by atoms with Gasteiger partial charge in [-0.05, 0) is 28.5 Å². The number of carboxylic acid groups (broad SMARTS) is 1. The molecule has 0 radical (unpaired) electrons. The molecule has 0 spiro atoms. The van der Waals surface area contributed by atoms with Crippen LogP contribution in [0.4, 0.5) is 0 Å². The Hall–Kier alpha value is -1.86. The van der Waals surface area contributed by atoms with Crippen molar-refractivity contribution >= 4 is 22.1 Å². The van der Waals surface area contributed by atoms with Crippen LogP contribution in [0.5, 0.6) is 5.75 Å². The highest BCUT2D eigenvalue weighted by Crippen LogP contribution is 2.40. The molecular formula is C20H31NO5S. The fourth-order valence-electron chi connectivity index (χ4n) is 2.70. The molecular weight excluding hydrogens is 366 g/mol. The van der Waals surface area contributed by atoms with E-state index in [1.54, 1.807) is 19.1 Å². The molecule has 1 aromatic rings. The fourth-order valence-corrected chi connectivity index (χ4v) is 3.84. The van der Waals surface area contributed by atoms with E-state index in [0.717, 1.165) is 17.2 Å². The standard InChI is InChI=1S/C20H31NO5S/c1-8-21-27(25,26)16(18(23)24)10-9-13-11-14(19(2,3)4)17(22)15(12-13)20(5,6)7/h9-12,16,21-22H,8H2,1-7H3,(H,23,24). The van der Waals surface area contributed by atoms with Crippen LogP contribution in [0.3, 0.4) is 0 Å². The van der Waals surface area contributed by atoms with E-state index in [4.69, 9.17) is 0 Å². The van der Waals surface area contributed by atoms with Gasteiger partial charge in [-0.1, -0.05) is 60.6 Å². The molecule has 0 heterocycles. The topological polar surface area (TPSA) is 104 Å². The van der Waals surface area contributed by atoms with Gasteiger partial charge in [0.15, 0.2) is 5.25 Å². The highest BCUT2D eigenvalue weighted by Gasteiger charge is 2.30. The van der Waals surface area contributed by atoms with Gasteiger partial charge in [0, 0.05) is 17.7 Å². The number of phenolic OH excluding ortho intramolecular Hbond substituents is 1. The number of nitrogens with one attached hydrogen (secondary N) is 1. The predicted octanol–water partition coefficient (Wildman–Crippen LogP) is 3.39. The molecule has 27 heavy (non-hydrogen) atoms. The predicted molar refractivity (Wildman–Crippen MR) is 109 cm³/mol. The average molecular weight is 398 g/mol. The highest BCUT2D eigenvalue weighted by molar-refractivity contribution is 7.91. The van der Waals surface area contributed by atoms with E-state index in [-0.39, 0.29) is 23.1 Å². The van der Waals surface area contributed by atoms with Crippen molar-refractivity contribution in [3.63, 3.8) is 0 Å². The number of carboxylic acids is 1. The van der Waals surface area contributed by atoms with Crippen molar-refractivity contribution in [3.8, 4) is 5.75 Å². The zero-order valence-electron chi connectivity index (χ0n) is 17.1. The summed E-state index contributed by atoms with van der Waals surface area (Å²) in [5, 5.41) is 18.3. The molecule has 7 heteroatoms. The maximum absolute atomic E-state index is 12.1. The second-order valence-corrected chi connectivity index (χ2v) is 10.5. The maximum Gasteiger partial charge on any atom is 0.327 e. The van der Waals surface area contributed by atoms with Crippen LogP contribution in [0, 0.1) is 0 Å². The Morgan fingerprint density at radius 3 is 1.89 bits per heavy atom. The third-order valence-electron chi connectivity index (χ3n) is 4.13. The van der Waals surface area contributed by atoms with Crippen LogP contribution in [0.25, 0.3) is 6.08 Å². The summed E-state index contributed by atoms with van der Waals surface area (Å²) in [5.74, 6) is -1.24. The van der Waals surface area contributed by atoms with Crippen molar-refractivity contribution < 1.29 is 23.4 Å². The number of aliphatic carboxylic acids is 1. The highest BCUT2D eigenvalue weighted by atomic mass is 32.2. The van der Waals surface area contributed by atoms with Crippen molar-refractivity contribution in [1.29, 1.82) is 0 Å². The third kappa shape index (κ3) is 5.81. The number of carbonyl (C=O) groups is 1. The van der Waals surface area contributed by atoms with Crippen LogP contribution < -0.4 is 4.72 Å². The zero-order valence-corrected chi connectivity index (χ0v) is 17.9. The molecule has 6 nitrogen and oxygen atoms in total. The van der Waals surface area contributed by atoms with Crippen molar-refractivity contribution in [1.82, 2.24) is 4.72 Å². The Morgan fingerprint density at radius 2 is 1.56 bits per heavy atom. The quantitative estimate of drug-likeness (QED) is 0.683. The van der Waals surface area contributed by atoms with E-state index in [0.29, 0.717) is 5.56 Å². The Kier molecular flexibility index (Phi) is 6.89. The second kappa shape index (κ2) is 8.02. The van der Waals surface area contributed by atoms with Crippen LogP contribution in [0.1, 0.15) is 65.2 Å². The van der Waals surface area contributed by atoms with Crippen LogP contribution in [0.2, 0.25) is 0 Å². The number of rotatable bonds is 6. The molecule has 0 fully saturated rings. The van der Waals surface area contributed by atoms with Gasteiger partial charge in [0.2, 0.25) is 10.0 Å². The van der Waals surface area contributed by atoms with Crippen LogP contribution in [-0.2, 0) is 25.6 Å². The number of benzene rings is 1. The number of hydrogen-bond donors (Lipinski definition) is 3. The molecule has 0 aliphatic heterocycles. The number of sulfonamides is 1. The van der Waals surface area contributed by atoms with E-state index in [2.05, 4.69) is 4.72 Å². The summed E-state index contributed by atoms with van der Waals surface area (Å²) in [5.41, 5.74) is 1.40. The molecule has 1 atom stereocenters. The molecule has 1 unspecified atom stereocenters. The van der Waals surface area contributed by atoms with E-state index in [1.165, 1.54) is 6.08 Å². The number of aromatic hydroxyl groups is 1. The van der Waals surface area contributed by atoms with E-state index < -0.39 is 21.2 Å². The van der Waals surface area contributed by atoms with Gasteiger partial charge in [-0.25, -0.2) is 13.1 Å². The first-order valence-electron chi connectivity index (χ1n) is 8.88. The summed E-state index contributed by atoms with van der Waals surface area (Å²) < 4.78 is 26.5. The molecule has 0 amide bonds. The first-order chi connectivity index (χ1) is 12.1. The molecule has 0 saturated carbocycles. The van der Waals surface area contributed by atoms with Crippen LogP contribution in [-0.4, -0.2) is 36.4 Å². The first-order valence-corrected chi connectivity index (χ1v) is 10.4. The Balaban J connectivity index is 3.54. The van der Waals surface area contributed by atoms with E-state index in [9.17, 15) is 23.4 Å². The molecule has 1 aromatic carbocycles. The van der Waals surface area contributed by atoms with E-state index in [1.807, 2.05) is 41.5 Å². The molecule has 0 aliphatic rings. The SMILES string of the molecule is CCNS(=O)(=O)C(C=Cc1cc(C(C)(C)C)c(O)c(C(C)(C)C)c1)C(=O)O. The summed E-state index contributed by atoms with van der Waals surface area (Å²) in [7, 11) is -4.01. The van der Waals surface area contributed by atoms with Crippen molar-refractivity contribution in [2.45, 2.75) is 64.5 Å². The molecule has 0 aromatic heterocycles. The smallest absolute Gasteiger partial charge is 0.327 e. The van der Waals surface area contributed by atoms with Gasteiger partial charge in [-0.2, -0.15) is 0 Å². The van der Waals surface area contributed by atoms with Gasteiger partial charge in [0.1, 0.15) is 5.75 Å². The summed E-state index contributed by atoms with van der Waals surface area (Å²) in [6.45, 7) is 13.5. The van der Waals surface area contributed by atoms with Gasteiger partial charge in [0.25, 0.3) is 0 Å². The average Bonchev–Trinajstić information content (AvgIpc) is 2.45. The zero-order chi connectivity index (χ0) is 21.2. The molecule has 1 rings (SSSR count). The lowest BCUT2D eigenvalue weighted by Gasteiger charge is -2.28. The summed E-state index contributed by atoms with van der Waals surface area (Å²) in [6.07, 6.45) is 2.64. The number of hydrogen-bond acceptors (Lipinski definition) is 4. The van der Waals surface area contributed by atoms with Crippen LogP contribution >= 0.6 is 0 Å². The van der Waals surface area contributed by atoms with Gasteiger partial charge in [-0.15, -0.1) is 0 Å². The number of phenols is 1. The molecule has 0 bridgehead atoms. The Morgan fingerprint density at radius 1 is 1.11 bits per heavy atom. The van der Waals surface area contributed by atoms with Gasteiger partial charge < -0.3 is 10.2 Å². The lowest BCUT2D eigenvalue weighted by Crippen LogP contribution is -2.38. The van der Waals surface area contributed by atoms with Crippen molar-refractivity contribution in [2.75, 3.05) is 6.54 Å². The van der Waals surface area contributed by atoms with Gasteiger partial charge in [-0.3, -0.25) is 4.79 Å². The minimum Gasteiger partial charge on any atom is -0.507 e. The maximum atomic E-state index is 12.1. The lowest BCUT2D eigenvalue weighted by atomic mass is 9.78. The summed E-state index contributed by atoms with van der Waals surface area (Å²) in [6, 6.07) is 3.53. The third-order valence-corrected chi connectivity index (χ3v) is 5.85. The minimum absolute atomic E-state index is 0.113. The monoisotopic (exact) mass is 397 g/mol. The van der Waals surface area contributed by atoms with E-state index >= 15 is 0 Å². The van der Waals surface area contributed by atoms with Gasteiger partial charge >= 0.3 is 5.97 Å². The van der Waals surface area contributed by atoms with Crippen LogP contribution in [0.15, 0.2) is 18.2 Å². The van der Waals surface area contributed by atoms with Crippen molar-refractivity contribution in [2.24, 2.45) is 0 Å². The molecule has 0 saturated heterocycles. The lowest BCUT2D eigenvalue weighted by molar-refractivity contribution is -0.135. The largest absolute Gasteiger partial charge is 0.507 e. The minimum atomic E-state index is -4.01. The first kappa shape index (κ1) is 23.2. The summed E-state index contributed by atoms with van der Waals surface area (Å²) in [4.78, 5) is 11.4. The Labute approximate surface area is 162 Å². The molecule has 0 aliphatic carbocycles. The summed E-state index contributed by atoms with van der Waals surface area (Å²) >= 11 is 0. The Bertz CT molecular complexity index is 792. The molecule has 3 N–H and O–H groups in total. The van der Waals surface area contributed by atoms with Crippen molar-refractivity contribution in [3.05, 3.63) is 34.9 Å². The molecule has 152 valence electrons. The second-order valence-electron chi connectivity index (χ2n) is 8.63. The fraction of sp³-hybridized carbons (Fsp3) is 0.550.